The third-order valence-corrected chi connectivity index (χ3v) is 4.98. The largest absolute Gasteiger partial charge is 0.389 e. The molecule has 10 nitrogen and oxygen atoms in total. The zero-order chi connectivity index (χ0) is 24.3. The van der Waals surface area contributed by atoms with Crippen molar-refractivity contribution in [3.63, 3.8) is 0 Å². The summed E-state index contributed by atoms with van der Waals surface area (Å²) in [6.45, 7) is 3.43. The molecule has 3 aromatic heterocycles. The third kappa shape index (κ3) is 5.18. The van der Waals surface area contributed by atoms with E-state index in [4.69, 9.17) is 0 Å². The van der Waals surface area contributed by atoms with Gasteiger partial charge >= 0.3 is 0 Å². The summed E-state index contributed by atoms with van der Waals surface area (Å²) in [6, 6.07) is 14.3. The summed E-state index contributed by atoms with van der Waals surface area (Å²) in [5.41, 5.74) is 2.84. The number of hydrogen-bond acceptors (Lipinski definition) is 7. The zero-order valence-electron chi connectivity index (χ0n) is 19.0. The molecular formula is C24H25N7O3. The van der Waals surface area contributed by atoms with E-state index in [-0.39, 0.29) is 18.4 Å². The molecule has 0 aliphatic rings. The Kier molecular flexibility index (Phi) is 6.24. The van der Waals surface area contributed by atoms with Crippen LogP contribution in [-0.2, 0) is 0 Å². The van der Waals surface area contributed by atoms with Crippen molar-refractivity contribution >= 4 is 29.1 Å². The number of rotatable bonds is 7. The van der Waals surface area contributed by atoms with Crippen LogP contribution in [-0.4, -0.2) is 55.7 Å². The molecule has 0 saturated carbocycles. The Morgan fingerprint density at radius 2 is 1.82 bits per heavy atom. The van der Waals surface area contributed by atoms with Gasteiger partial charge in [0.2, 0.25) is 5.95 Å². The lowest BCUT2D eigenvalue weighted by Gasteiger charge is -2.17. The topological polar surface area (TPSA) is 134 Å². The molecule has 0 radical (unpaired) electrons. The first-order valence-corrected chi connectivity index (χ1v) is 10.6. The van der Waals surface area contributed by atoms with Crippen molar-refractivity contribution in [2.24, 2.45) is 0 Å². The van der Waals surface area contributed by atoms with Gasteiger partial charge in [0.05, 0.1) is 17.5 Å². The summed E-state index contributed by atoms with van der Waals surface area (Å²) < 4.78 is 1.66. The van der Waals surface area contributed by atoms with Crippen LogP contribution < -0.4 is 16.0 Å². The molecule has 0 fully saturated rings. The molecule has 1 aromatic carbocycles. The third-order valence-electron chi connectivity index (χ3n) is 4.98. The van der Waals surface area contributed by atoms with Gasteiger partial charge in [-0.2, -0.15) is 4.98 Å². The van der Waals surface area contributed by atoms with E-state index in [1.807, 2.05) is 24.3 Å². The molecule has 0 atom stereocenters. The van der Waals surface area contributed by atoms with Crippen molar-refractivity contribution in [3.05, 3.63) is 72.2 Å². The number of pyridine rings is 2. The van der Waals surface area contributed by atoms with E-state index in [1.165, 1.54) is 0 Å². The van der Waals surface area contributed by atoms with E-state index >= 15 is 0 Å². The van der Waals surface area contributed by atoms with E-state index in [0.717, 1.165) is 11.1 Å². The normalized spacial score (nSPS) is 11.3. The van der Waals surface area contributed by atoms with E-state index in [1.54, 1.807) is 62.1 Å². The van der Waals surface area contributed by atoms with Crippen LogP contribution in [0.4, 0.5) is 11.6 Å². The second-order valence-electron chi connectivity index (χ2n) is 8.33. The van der Waals surface area contributed by atoms with Gasteiger partial charge in [0.25, 0.3) is 11.8 Å². The summed E-state index contributed by atoms with van der Waals surface area (Å²) in [5, 5.41) is 22.6. The number of fused-ring (bicyclic) bond motifs is 1. The predicted molar refractivity (Wildman–Crippen MR) is 128 cm³/mol. The van der Waals surface area contributed by atoms with Gasteiger partial charge in [-0.1, -0.05) is 12.1 Å². The molecule has 0 spiro atoms. The number of anilines is 2. The molecule has 0 saturated heterocycles. The predicted octanol–water partition coefficient (Wildman–Crippen LogP) is 2.40. The fourth-order valence-corrected chi connectivity index (χ4v) is 3.24. The van der Waals surface area contributed by atoms with Crippen molar-refractivity contribution in [1.29, 1.82) is 0 Å². The lowest BCUT2D eigenvalue weighted by molar-refractivity contribution is 0.0694. The molecule has 10 heteroatoms. The van der Waals surface area contributed by atoms with Crippen molar-refractivity contribution in [1.82, 2.24) is 30.2 Å². The van der Waals surface area contributed by atoms with Crippen molar-refractivity contribution in [2.75, 3.05) is 18.9 Å². The molecule has 4 N–H and O–H groups in total. The van der Waals surface area contributed by atoms with Gasteiger partial charge in [0.15, 0.2) is 5.65 Å². The molecule has 34 heavy (non-hydrogen) atoms. The van der Waals surface area contributed by atoms with Crippen molar-refractivity contribution < 1.29 is 14.7 Å². The van der Waals surface area contributed by atoms with Gasteiger partial charge in [-0.05, 0) is 55.8 Å². The molecule has 0 aliphatic carbocycles. The van der Waals surface area contributed by atoms with Gasteiger partial charge in [0.1, 0.15) is 5.69 Å². The van der Waals surface area contributed by atoms with Gasteiger partial charge in [-0.15, -0.1) is 5.10 Å². The minimum atomic E-state index is -0.979. The lowest BCUT2D eigenvalue weighted by Crippen LogP contribution is -2.38. The first-order valence-electron chi connectivity index (χ1n) is 10.6. The van der Waals surface area contributed by atoms with E-state index in [0.29, 0.717) is 28.5 Å². The lowest BCUT2D eigenvalue weighted by atomic mass is 10.0. The number of aliphatic hydroxyl groups is 1. The number of benzene rings is 1. The van der Waals surface area contributed by atoms with Gasteiger partial charge in [-0.25, -0.2) is 9.50 Å². The van der Waals surface area contributed by atoms with Gasteiger partial charge < -0.3 is 21.1 Å². The first kappa shape index (κ1) is 22.9. The molecule has 0 unspecified atom stereocenters. The van der Waals surface area contributed by atoms with E-state index in [2.05, 4.69) is 31.0 Å². The smallest absolute Gasteiger partial charge is 0.269 e. The Labute approximate surface area is 196 Å². The Morgan fingerprint density at radius 3 is 2.47 bits per heavy atom. The molecule has 0 aliphatic heterocycles. The number of amides is 2. The van der Waals surface area contributed by atoms with Crippen LogP contribution in [0.5, 0.6) is 0 Å². The van der Waals surface area contributed by atoms with E-state index < -0.39 is 5.60 Å². The summed E-state index contributed by atoms with van der Waals surface area (Å²) in [4.78, 5) is 32.7. The van der Waals surface area contributed by atoms with Gasteiger partial charge in [0, 0.05) is 30.9 Å². The molecule has 174 valence electrons. The van der Waals surface area contributed by atoms with Crippen LogP contribution in [0.1, 0.15) is 34.7 Å². The van der Waals surface area contributed by atoms with Crippen LogP contribution in [0.2, 0.25) is 0 Å². The molecule has 0 bridgehead atoms. The maximum atomic E-state index is 12.3. The Bertz CT molecular complexity index is 1320. The second-order valence-corrected chi connectivity index (χ2v) is 8.33. The zero-order valence-corrected chi connectivity index (χ0v) is 19.0. The minimum absolute atomic E-state index is 0.159. The number of carbonyl (C=O) groups excluding carboxylic acids is 2. The number of carbonyl (C=O) groups is 2. The molecule has 2 amide bonds. The maximum Gasteiger partial charge on any atom is 0.269 e. The summed E-state index contributed by atoms with van der Waals surface area (Å²) in [5.74, 6) is -0.135. The first-order chi connectivity index (χ1) is 16.2. The Morgan fingerprint density at radius 1 is 1.06 bits per heavy atom. The Hall–Kier alpha value is -4.31. The maximum absolute atomic E-state index is 12.3. The van der Waals surface area contributed by atoms with Crippen LogP contribution in [0.15, 0.2) is 60.9 Å². The number of aromatic nitrogens is 4. The average Bonchev–Trinajstić information content (AvgIpc) is 3.24. The molecular weight excluding hydrogens is 434 g/mol. The highest BCUT2D eigenvalue weighted by Gasteiger charge is 2.15. The fourth-order valence-electron chi connectivity index (χ4n) is 3.24. The highest BCUT2D eigenvalue weighted by Crippen LogP contribution is 2.25. The minimum Gasteiger partial charge on any atom is -0.389 e. The molecule has 3 heterocycles. The number of nitrogens with one attached hydrogen (secondary N) is 3. The fraction of sp³-hybridized carbons (Fsp3) is 0.208. The standard InChI is InChI=1S/C24H25N7O3/c1-24(2,34)14-27-21(32)16-8-6-15(7-9-16)18-5-4-12-31-20(18)29-23(30-31)28-17-10-11-19(26-13-17)22(33)25-3/h4-13,34H,14H2,1-3H3,(H,25,33)(H,27,32)(H,28,30). The number of hydrogen-bond donors (Lipinski definition) is 4. The highest BCUT2D eigenvalue weighted by molar-refractivity contribution is 5.95. The molecule has 4 rings (SSSR count). The van der Waals surface area contributed by atoms with Crippen molar-refractivity contribution in [3.8, 4) is 11.1 Å². The quantitative estimate of drug-likeness (QED) is 0.333. The van der Waals surface area contributed by atoms with Gasteiger partial charge in [-0.3, -0.25) is 9.59 Å². The highest BCUT2D eigenvalue weighted by atomic mass is 16.3. The number of nitrogens with zero attached hydrogens (tertiary/aromatic N) is 4. The summed E-state index contributed by atoms with van der Waals surface area (Å²) >= 11 is 0. The molecule has 4 aromatic rings. The average molecular weight is 460 g/mol. The summed E-state index contributed by atoms with van der Waals surface area (Å²) in [6.07, 6.45) is 3.33. The van der Waals surface area contributed by atoms with Crippen molar-refractivity contribution in [2.45, 2.75) is 19.4 Å². The van der Waals surface area contributed by atoms with E-state index in [9.17, 15) is 14.7 Å². The van der Waals surface area contributed by atoms with Crippen LogP contribution in [0, 0.1) is 0 Å². The van der Waals surface area contributed by atoms with Crippen LogP contribution in [0.3, 0.4) is 0 Å². The van der Waals surface area contributed by atoms with Crippen LogP contribution >= 0.6 is 0 Å². The Balaban J connectivity index is 1.54. The monoisotopic (exact) mass is 459 g/mol. The second kappa shape index (κ2) is 9.28. The summed E-state index contributed by atoms with van der Waals surface area (Å²) in [7, 11) is 1.55. The van der Waals surface area contributed by atoms with Crippen LogP contribution in [0.25, 0.3) is 16.8 Å². The SMILES string of the molecule is CNC(=O)c1ccc(Nc2nc3c(-c4ccc(C(=O)NCC(C)(C)O)cc4)cccn3n2)cn1.